The zero-order valence-corrected chi connectivity index (χ0v) is 49.8. The Kier molecular flexibility index (Phi) is 62.0. The van der Waals surface area contributed by atoms with Gasteiger partial charge in [-0.15, -0.1) is 0 Å². The van der Waals surface area contributed by atoms with E-state index in [1.165, 1.54) is 283 Å². The summed E-state index contributed by atoms with van der Waals surface area (Å²) >= 11 is 0. The van der Waals surface area contributed by atoms with Gasteiger partial charge in [-0.3, -0.25) is 9.59 Å². The Morgan fingerprint density at radius 3 is 1.05 bits per heavy atom. The van der Waals surface area contributed by atoms with Gasteiger partial charge in [-0.05, 0) is 64.2 Å². The first kappa shape index (κ1) is 72.1. The number of ether oxygens (including phenoxy) is 1. The average Bonchev–Trinajstić information content (AvgIpc) is 3.40. The molecule has 0 saturated heterocycles. The van der Waals surface area contributed by atoms with Crippen LogP contribution in [0.2, 0.25) is 0 Å². The number of hydrogen-bond acceptors (Lipinski definition) is 5. The van der Waals surface area contributed by atoms with Crippen LogP contribution in [-0.4, -0.2) is 47.4 Å². The van der Waals surface area contributed by atoms with Crippen LogP contribution in [0.5, 0.6) is 0 Å². The van der Waals surface area contributed by atoms with Gasteiger partial charge in [-0.25, -0.2) is 0 Å². The number of hydrogen-bond donors (Lipinski definition) is 3. The molecule has 0 aliphatic carbocycles. The summed E-state index contributed by atoms with van der Waals surface area (Å²) in [4.78, 5) is 24.6. The third-order valence-corrected chi connectivity index (χ3v) is 15.4. The number of allylic oxidation sites excluding steroid dienone is 5. The van der Waals surface area contributed by atoms with Crippen LogP contribution in [0.1, 0.15) is 361 Å². The molecule has 2 unspecified atom stereocenters. The van der Waals surface area contributed by atoms with Gasteiger partial charge in [0.15, 0.2) is 0 Å². The minimum Gasteiger partial charge on any atom is -0.466 e. The number of amides is 1. The van der Waals surface area contributed by atoms with Crippen LogP contribution in [0.4, 0.5) is 0 Å². The van der Waals surface area contributed by atoms with E-state index in [0.29, 0.717) is 19.4 Å². The SMILES string of the molecule is CCCCC/C=C\C/C=C\CCCCCCCCCC(=O)OCCCCCCCCCCCCCCCCCCCCC(=O)NC(CO)C(O)/C=C/CCCCCCCCCCCCCCCCCCCCCC. The fraction of sp³-hybridized carbons (Fsp3) is 0.882. The molecular formula is C68H129NO5. The number of aliphatic hydroxyl groups is 2. The van der Waals surface area contributed by atoms with Crippen LogP contribution in [0.15, 0.2) is 36.5 Å². The molecule has 2 atom stereocenters. The summed E-state index contributed by atoms with van der Waals surface area (Å²) in [5, 5.41) is 23.2. The lowest BCUT2D eigenvalue weighted by Gasteiger charge is -2.20. The average molecular weight is 1040 g/mol. The molecule has 0 aromatic carbocycles. The number of carbonyl (C=O) groups excluding carboxylic acids is 2. The Morgan fingerprint density at radius 2 is 0.676 bits per heavy atom. The van der Waals surface area contributed by atoms with E-state index in [0.717, 1.165) is 51.4 Å². The predicted octanol–water partition coefficient (Wildman–Crippen LogP) is 21.1. The van der Waals surface area contributed by atoms with Gasteiger partial charge in [0.2, 0.25) is 5.91 Å². The van der Waals surface area contributed by atoms with E-state index in [2.05, 4.69) is 43.5 Å². The number of aliphatic hydroxyl groups excluding tert-OH is 2. The molecule has 0 aromatic heterocycles. The van der Waals surface area contributed by atoms with Gasteiger partial charge in [0.05, 0.1) is 25.4 Å². The van der Waals surface area contributed by atoms with Gasteiger partial charge < -0.3 is 20.3 Å². The van der Waals surface area contributed by atoms with E-state index in [9.17, 15) is 19.8 Å². The molecule has 0 bridgehead atoms. The van der Waals surface area contributed by atoms with E-state index in [1.807, 2.05) is 6.08 Å². The van der Waals surface area contributed by atoms with E-state index in [1.54, 1.807) is 6.08 Å². The van der Waals surface area contributed by atoms with Crippen LogP contribution in [0.25, 0.3) is 0 Å². The third-order valence-electron chi connectivity index (χ3n) is 15.4. The van der Waals surface area contributed by atoms with Crippen LogP contribution in [0.3, 0.4) is 0 Å². The monoisotopic (exact) mass is 1040 g/mol. The molecule has 0 spiro atoms. The minimum atomic E-state index is -0.849. The van der Waals surface area contributed by atoms with Crippen LogP contribution < -0.4 is 5.32 Å². The maximum absolute atomic E-state index is 12.5. The Bertz CT molecular complexity index is 1200. The number of unbranched alkanes of at least 4 members (excludes halogenated alkanes) is 47. The van der Waals surface area contributed by atoms with Crippen molar-refractivity contribution in [2.75, 3.05) is 13.2 Å². The van der Waals surface area contributed by atoms with E-state index < -0.39 is 12.1 Å². The highest BCUT2D eigenvalue weighted by Crippen LogP contribution is 2.18. The molecule has 74 heavy (non-hydrogen) atoms. The number of rotatable bonds is 62. The van der Waals surface area contributed by atoms with Crippen molar-refractivity contribution in [2.24, 2.45) is 0 Å². The summed E-state index contributed by atoms with van der Waals surface area (Å²) in [6.07, 6.45) is 80.5. The first-order chi connectivity index (χ1) is 36.5. The molecule has 6 nitrogen and oxygen atoms in total. The van der Waals surface area contributed by atoms with Gasteiger partial charge in [0.1, 0.15) is 0 Å². The molecule has 0 aliphatic rings. The number of esters is 1. The maximum Gasteiger partial charge on any atom is 0.305 e. The lowest BCUT2D eigenvalue weighted by atomic mass is 10.0. The molecular weight excluding hydrogens is 911 g/mol. The lowest BCUT2D eigenvalue weighted by Crippen LogP contribution is -2.45. The molecule has 0 rings (SSSR count). The molecule has 0 aromatic rings. The van der Waals surface area contributed by atoms with Crippen molar-refractivity contribution in [3.63, 3.8) is 0 Å². The Hall–Kier alpha value is -1.92. The second-order valence-electron chi connectivity index (χ2n) is 22.8. The molecule has 0 radical (unpaired) electrons. The molecule has 3 N–H and O–H groups in total. The minimum absolute atomic E-state index is 0.000708. The van der Waals surface area contributed by atoms with Crippen molar-refractivity contribution in [2.45, 2.75) is 373 Å². The molecule has 6 heteroatoms. The van der Waals surface area contributed by atoms with Crippen molar-refractivity contribution in [3.05, 3.63) is 36.5 Å². The molecule has 0 aliphatic heterocycles. The van der Waals surface area contributed by atoms with Crippen LogP contribution in [0, 0.1) is 0 Å². The molecule has 0 heterocycles. The first-order valence-corrected chi connectivity index (χ1v) is 33.3. The Morgan fingerprint density at radius 1 is 0.378 bits per heavy atom. The van der Waals surface area contributed by atoms with Crippen molar-refractivity contribution in [1.29, 1.82) is 0 Å². The van der Waals surface area contributed by atoms with Crippen LogP contribution in [-0.2, 0) is 14.3 Å². The van der Waals surface area contributed by atoms with Crippen molar-refractivity contribution in [3.8, 4) is 0 Å². The maximum atomic E-state index is 12.5. The topological polar surface area (TPSA) is 95.9 Å². The van der Waals surface area contributed by atoms with Gasteiger partial charge >= 0.3 is 5.97 Å². The molecule has 436 valence electrons. The normalized spacial score (nSPS) is 12.8. The first-order valence-electron chi connectivity index (χ1n) is 33.3. The Balaban J connectivity index is 3.44. The standard InChI is InChI=1S/C68H129NO5/c1-3-5-7-9-11-13-15-17-19-21-22-23-24-25-29-32-36-40-44-48-52-56-60-66(71)65(64-70)69-67(72)61-57-53-49-45-41-37-33-30-26-27-31-35-39-43-47-51-55-59-63-74-68(73)62-58-54-50-46-42-38-34-28-20-18-16-14-12-10-8-6-4-2/h12,14,18,20,56,60,65-66,70-71H,3-11,13,15-17,19,21-55,57-59,61-64H2,1-2H3,(H,69,72)/b14-12-,20-18-,60-56+. The van der Waals surface area contributed by atoms with Crippen molar-refractivity contribution < 1.29 is 24.5 Å². The van der Waals surface area contributed by atoms with Gasteiger partial charge in [-0.2, -0.15) is 0 Å². The zero-order chi connectivity index (χ0) is 53.6. The van der Waals surface area contributed by atoms with Gasteiger partial charge in [-0.1, -0.05) is 320 Å². The Labute approximate surface area is 462 Å². The molecule has 1 amide bonds. The van der Waals surface area contributed by atoms with E-state index in [4.69, 9.17) is 4.74 Å². The summed E-state index contributed by atoms with van der Waals surface area (Å²) in [6.45, 7) is 4.90. The molecule has 0 saturated carbocycles. The second kappa shape index (κ2) is 63.6. The lowest BCUT2D eigenvalue weighted by molar-refractivity contribution is -0.143. The van der Waals surface area contributed by atoms with Crippen molar-refractivity contribution >= 4 is 11.9 Å². The summed E-state index contributed by atoms with van der Waals surface area (Å²) in [7, 11) is 0. The van der Waals surface area contributed by atoms with Gasteiger partial charge in [0, 0.05) is 12.8 Å². The fourth-order valence-corrected chi connectivity index (χ4v) is 10.3. The second-order valence-corrected chi connectivity index (χ2v) is 22.8. The number of carbonyl (C=O) groups is 2. The zero-order valence-electron chi connectivity index (χ0n) is 49.8. The fourth-order valence-electron chi connectivity index (χ4n) is 10.3. The summed E-state index contributed by atoms with van der Waals surface area (Å²) in [5.74, 6) is -0.0696. The smallest absolute Gasteiger partial charge is 0.305 e. The van der Waals surface area contributed by atoms with E-state index in [-0.39, 0.29) is 18.5 Å². The third kappa shape index (κ3) is 59.3. The van der Waals surface area contributed by atoms with Crippen LogP contribution >= 0.6 is 0 Å². The highest BCUT2D eigenvalue weighted by atomic mass is 16.5. The number of nitrogens with one attached hydrogen (secondary N) is 1. The summed E-state index contributed by atoms with van der Waals surface area (Å²) < 4.78 is 5.49. The van der Waals surface area contributed by atoms with Gasteiger partial charge in [0.25, 0.3) is 0 Å². The van der Waals surface area contributed by atoms with Crippen molar-refractivity contribution in [1.82, 2.24) is 5.32 Å². The molecule has 0 fully saturated rings. The highest BCUT2D eigenvalue weighted by Gasteiger charge is 2.18. The largest absolute Gasteiger partial charge is 0.466 e. The summed E-state index contributed by atoms with van der Waals surface area (Å²) in [5.41, 5.74) is 0. The highest BCUT2D eigenvalue weighted by molar-refractivity contribution is 5.76. The predicted molar refractivity (Wildman–Crippen MR) is 324 cm³/mol. The van der Waals surface area contributed by atoms with E-state index >= 15 is 0 Å². The summed E-state index contributed by atoms with van der Waals surface area (Å²) in [6, 6.07) is -0.633. The quantitative estimate of drug-likeness (QED) is 0.0320.